The Hall–Kier alpha value is -1.81. The smallest absolute Gasteiger partial charge is 0.173 e. The van der Waals surface area contributed by atoms with E-state index in [1.165, 1.54) is 0 Å². The van der Waals surface area contributed by atoms with Crippen LogP contribution in [0.15, 0.2) is 24.0 Å². The molecule has 2 fully saturated rings. The van der Waals surface area contributed by atoms with Gasteiger partial charge in [0.15, 0.2) is 5.78 Å². The van der Waals surface area contributed by atoms with Gasteiger partial charge in [0.1, 0.15) is 11.5 Å². The molecule has 2 aliphatic heterocycles. The van der Waals surface area contributed by atoms with Gasteiger partial charge >= 0.3 is 0 Å². The number of ether oxygens (including phenoxy) is 2. The number of aliphatic hydroxyl groups is 1. The number of aliphatic hydroxyl groups excluding tert-OH is 1. The third kappa shape index (κ3) is 1.62. The molecule has 1 N–H and O–H groups in total. The number of Topliss-reactive ketones (excluding diaryl/α,β-unsaturated/α-hetero) is 1. The first-order valence-corrected chi connectivity index (χ1v) is 7.39. The van der Waals surface area contributed by atoms with E-state index in [4.69, 9.17) is 9.47 Å². The van der Waals surface area contributed by atoms with E-state index in [0.717, 1.165) is 24.0 Å². The topological polar surface area (TPSA) is 55.8 Å². The summed E-state index contributed by atoms with van der Waals surface area (Å²) >= 11 is 0. The van der Waals surface area contributed by atoms with Crippen molar-refractivity contribution < 1.29 is 19.4 Å². The van der Waals surface area contributed by atoms with Gasteiger partial charge in [0.25, 0.3) is 0 Å². The lowest BCUT2D eigenvalue weighted by atomic mass is 9.80. The lowest BCUT2D eigenvalue weighted by molar-refractivity contribution is -0.118. The fraction of sp³-hybridized carbons (Fsp3) is 0.471. The molecule has 21 heavy (non-hydrogen) atoms. The number of aryl methyl sites for hydroxylation is 1. The minimum Gasteiger partial charge on any atom is -0.511 e. The van der Waals surface area contributed by atoms with Gasteiger partial charge in [0, 0.05) is 0 Å². The first kappa shape index (κ1) is 12.9. The number of rotatable bonds is 2. The number of benzene rings is 1. The molecule has 1 aromatic carbocycles. The number of carbonyl (C=O) groups excluding carboxylic acids is 1. The Morgan fingerprint density at radius 3 is 2.62 bits per heavy atom. The molecule has 110 valence electrons. The second-order valence-electron chi connectivity index (χ2n) is 6.15. The van der Waals surface area contributed by atoms with Crippen LogP contribution in [0.2, 0.25) is 0 Å². The van der Waals surface area contributed by atoms with E-state index in [1.54, 1.807) is 7.11 Å². The van der Waals surface area contributed by atoms with E-state index in [2.05, 4.69) is 0 Å². The van der Waals surface area contributed by atoms with Crippen LogP contribution in [-0.4, -0.2) is 30.2 Å². The Bertz CT molecular complexity index is 661. The highest BCUT2D eigenvalue weighted by Gasteiger charge is 2.59. The van der Waals surface area contributed by atoms with Gasteiger partial charge in [-0.2, -0.15) is 0 Å². The summed E-state index contributed by atoms with van der Waals surface area (Å²) in [6.45, 7) is 1.95. The summed E-state index contributed by atoms with van der Waals surface area (Å²) in [5.41, 5.74) is 2.23. The van der Waals surface area contributed by atoms with Crippen LogP contribution in [0.5, 0.6) is 5.75 Å². The van der Waals surface area contributed by atoms with E-state index in [-0.39, 0.29) is 35.6 Å². The summed E-state index contributed by atoms with van der Waals surface area (Å²) in [4.78, 5) is 12.8. The van der Waals surface area contributed by atoms with Crippen molar-refractivity contribution >= 4 is 11.4 Å². The molecule has 2 heterocycles. The van der Waals surface area contributed by atoms with E-state index in [9.17, 15) is 9.90 Å². The Morgan fingerprint density at radius 1 is 1.24 bits per heavy atom. The largest absolute Gasteiger partial charge is 0.511 e. The van der Waals surface area contributed by atoms with Gasteiger partial charge in [0.2, 0.25) is 0 Å². The molecule has 2 bridgehead atoms. The third-order valence-electron chi connectivity index (χ3n) is 5.11. The summed E-state index contributed by atoms with van der Waals surface area (Å²) < 4.78 is 11.0. The van der Waals surface area contributed by atoms with E-state index in [1.807, 2.05) is 25.1 Å². The standard InChI is InChI=1S/C17H18O4/c1-8-3-4-9(20-2)7-10(8)13-16(18)14-11-5-6-12(21-11)15(14)17(13)19/h3-4,7,11-12,14-15,18H,5-6H2,1-2H3/t11-,12+,14?,15?/m1/s1. The second kappa shape index (κ2) is 4.34. The minimum absolute atomic E-state index is 0.00682. The van der Waals surface area contributed by atoms with Crippen molar-refractivity contribution in [3.8, 4) is 5.75 Å². The number of ketones is 1. The van der Waals surface area contributed by atoms with Crippen molar-refractivity contribution in [2.75, 3.05) is 7.11 Å². The molecular weight excluding hydrogens is 268 g/mol. The number of methoxy groups -OCH3 is 1. The highest BCUT2D eigenvalue weighted by atomic mass is 16.5. The van der Waals surface area contributed by atoms with Gasteiger partial charge in [-0.3, -0.25) is 4.79 Å². The molecule has 2 saturated heterocycles. The van der Waals surface area contributed by atoms with Gasteiger partial charge in [-0.1, -0.05) is 6.07 Å². The van der Waals surface area contributed by atoms with E-state index < -0.39 is 0 Å². The number of hydrogen-bond acceptors (Lipinski definition) is 4. The molecule has 4 nitrogen and oxygen atoms in total. The molecule has 1 aromatic rings. The summed E-state index contributed by atoms with van der Waals surface area (Å²) in [5, 5.41) is 10.6. The Morgan fingerprint density at radius 2 is 1.95 bits per heavy atom. The van der Waals surface area contributed by atoms with Crippen LogP contribution in [0.3, 0.4) is 0 Å². The number of allylic oxidation sites excluding steroid dienone is 1. The van der Waals surface area contributed by atoms with Crippen LogP contribution >= 0.6 is 0 Å². The third-order valence-corrected chi connectivity index (χ3v) is 5.11. The number of fused-ring (bicyclic) bond motifs is 5. The average Bonchev–Trinajstić information content (AvgIpc) is 3.15. The lowest BCUT2D eigenvalue weighted by Gasteiger charge is -2.19. The summed E-state index contributed by atoms with van der Waals surface area (Å²) in [6.07, 6.45) is 1.85. The highest BCUT2D eigenvalue weighted by Crippen LogP contribution is 2.53. The molecule has 4 heteroatoms. The fourth-order valence-corrected chi connectivity index (χ4v) is 4.09. The zero-order chi connectivity index (χ0) is 14.7. The molecule has 4 rings (SSSR count). The van der Waals surface area contributed by atoms with Crippen LogP contribution in [0, 0.1) is 18.8 Å². The average molecular weight is 286 g/mol. The number of carbonyl (C=O) groups is 1. The predicted octanol–water partition coefficient (Wildman–Crippen LogP) is 2.65. The van der Waals surface area contributed by atoms with Gasteiger partial charge < -0.3 is 14.6 Å². The van der Waals surface area contributed by atoms with Crippen molar-refractivity contribution in [2.24, 2.45) is 11.8 Å². The molecule has 0 amide bonds. The summed E-state index contributed by atoms with van der Waals surface area (Å²) in [5.74, 6) is 0.607. The quantitative estimate of drug-likeness (QED) is 0.908. The monoisotopic (exact) mass is 286 g/mol. The van der Waals surface area contributed by atoms with Crippen LogP contribution in [-0.2, 0) is 9.53 Å². The van der Waals surface area contributed by atoms with Crippen molar-refractivity contribution in [1.82, 2.24) is 0 Å². The zero-order valence-electron chi connectivity index (χ0n) is 12.1. The first-order valence-electron chi connectivity index (χ1n) is 7.39. The molecular formula is C17H18O4. The molecule has 3 aliphatic rings. The molecule has 0 saturated carbocycles. The predicted molar refractivity (Wildman–Crippen MR) is 77.2 cm³/mol. The van der Waals surface area contributed by atoms with Crippen LogP contribution in [0.4, 0.5) is 0 Å². The minimum atomic E-state index is -0.190. The zero-order valence-corrected chi connectivity index (χ0v) is 12.1. The maximum atomic E-state index is 12.8. The molecule has 0 aromatic heterocycles. The summed E-state index contributed by atoms with van der Waals surface area (Å²) in [7, 11) is 1.60. The Labute approximate surface area is 123 Å². The van der Waals surface area contributed by atoms with Crippen molar-refractivity contribution in [1.29, 1.82) is 0 Å². The van der Waals surface area contributed by atoms with Gasteiger partial charge in [0.05, 0.1) is 36.7 Å². The van der Waals surface area contributed by atoms with Crippen molar-refractivity contribution in [2.45, 2.75) is 32.0 Å². The Balaban J connectivity index is 1.83. The number of hydrogen-bond donors (Lipinski definition) is 1. The fourth-order valence-electron chi connectivity index (χ4n) is 4.09. The van der Waals surface area contributed by atoms with Crippen LogP contribution < -0.4 is 4.74 Å². The maximum absolute atomic E-state index is 12.8. The summed E-state index contributed by atoms with van der Waals surface area (Å²) in [6, 6.07) is 5.62. The maximum Gasteiger partial charge on any atom is 0.173 e. The van der Waals surface area contributed by atoms with Gasteiger partial charge in [-0.25, -0.2) is 0 Å². The molecule has 0 spiro atoms. The van der Waals surface area contributed by atoms with Gasteiger partial charge in [-0.05, 0) is 43.0 Å². The van der Waals surface area contributed by atoms with Gasteiger partial charge in [-0.15, -0.1) is 0 Å². The van der Waals surface area contributed by atoms with E-state index >= 15 is 0 Å². The Kier molecular flexibility index (Phi) is 2.67. The van der Waals surface area contributed by atoms with E-state index in [0.29, 0.717) is 11.3 Å². The lowest BCUT2D eigenvalue weighted by Crippen LogP contribution is -2.29. The highest BCUT2D eigenvalue weighted by molar-refractivity contribution is 6.25. The SMILES string of the molecule is COc1ccc(C)c(C2=C(O)C3C(C2=O)[C@@H]2CC[C@H]3O2)c1. The second-order valence-corrected chi connectivity index (χ2v) is 6.15. The van der Waals surface area contributed by atoms with Crippen molar-refractivity contribution in [3.63, 3.8) is 0 Å². The molecule has 0 radical (unpaired) electrons. The molecule has 2 unspecified atom stereocenters. The first-order chi connectivity index (χ1) is 10.1. The molecule has 4 atom stereocenters. The van der Waals surface area contributed by atoms with Crippen LogP contribution in [0.25, 0.3) is 5.57 Å². The van der Waals surface area contributed by atoms with Crippen LogP contribution in [0.1, 0.15) is 24.0 Å². The molecule has 1 aliphatic carbocycles. The normalized spacial score (nSPS) is 33.7. The van der Waals surface area contributed by atoms with Crippen molar-refractivity contribution in [3.05, 3.63) is 35.1 Å².